The van der Waals surface area contributed by atoms with Crippen LogP contribution < -0.4 is 5.73 Å². The number of para-hydroxylation sites is 1. The first-order valence-corrected chi connectivity index (χ1v) is 8.58. The van der Waals surface area contributed by atoms with Gasteiger partial charge in [-0.05, 0) is 44.2 Å². The highest BCUT2D eigenvalue weighted by Crippen LogP contribution is 2.35. The Kier molecular flexibility index (Phi) is 6.66. The monoisotopic (exact) mass is 422 g/mol. The van der Waals surface area contributed by atoms with Gasteiger partial charge in [0, 0.05) is 11.4 Å². The lowest BCUT2D eigenvalue weighted by Gasteiger charge is -2.16. The number of halogens is 4. The molecule has 0 saturated heterocycles. The predicted molar refractivity (Wildman–Crippen MR) is 102 cm³/mol. The summed E-state index contributed by atoms with van der Waals surface area (Å²) in [4.78, 5) is 21.5. The van der Waals surface area contributed by atoms with Gasteiger partial charge in [-0.2, -0.15) is 13.2 Å². The Morgan fingerprint density at radius 3 is 2.00 bits per heavy atom. The van der Waals surface area contributed by atoms with Crippen molar-refractivity contribution in [2.24, 2.45) is 5.73 Å². The molecule has 5 nitrogen and oxygen atoms in total. The number of carboxylic acids is 1. The van der Waals surface area contributed by atoms with Crippen molar-refractivity contribution >= 4 is 11.9 Å². The lowest BCUT2D eigenvalue weighted by Crippen LogP contribution is -2.12. The van der Waals surface area contributed by atoms with E-state index in [1.807, 2.05) is 0 Å². The van der Waals surface area contributed by atoms with Crippen LogP contribution in [-0.4, -0.2) is 21.6 Å². The van der Waals surface area contributed by atoms with E-state index in [4.69, 9.17) is 10.8 Å². The van der Waals surface area contributed by atoms with Crippen molar-refractivity contribution in [3.63, 3.8) is 0 Å². The van der Waals surface area contributed by atoms with E-state index in [-0.39, 0.29) is 22.5 Å². The number of aromatic nitrogens is 1. The number of carbonyl (C=O) groups excluding carboxylic acids is 1. The Balaban J connectivity index is 0.000000269. The SMILES string of the molecule is Cc1cc(C(=O)O)c(C)n1-c1ccccc1C(F)(F)F.NC(=O)c1ccccc1F. The van der Waals surface area contributed by atoms with Crippen molar-refractivity contribution in [2.75, 3.05) is 0 Å². The summed E-state index contributed by atoms with van der Waals surface area (Å²) in [7, 11) is 0. The number of amides is 1. The number of carboxylic acid groups (broad SMARTS) is 1. The number of benzene rings is 2. The minimum Gasteiger partial charge on any atom is -0.478 e. The minimum absolute atomic E-state index is 0.000484. The number of carbonyl (C=O) groups is 2. The highest BCUT2D eigenvalue weighted by molar-refractivity contribution is 5.93. The lowest BCUT2D eigenvalue weighted by atomic mass is 10.1. The average molecular weight is 422 g/mol. The Morgan fingerprint density at radius 1 is 0.967 bits per heavy atom. The molecular weight excluding hydrogens is 404 g/mol. The average Bonchev–Trinajstić information content (AvgIpc) is 2.96. The second-order valence-corrected chi connectivity index (χ2v) is 6.28. The summed E-state index contributed by atoms with van der Waals surface area (Å²) >= 11 is 0. The third-order valence-electron chi connectivity index (χ3n) is 4.25. The molecule has 3 N–H and O–H groups in total. The maximum Gasteiger partial charge on any atom is 0.418 e. The van der Waals surface area contributed by atoms with Gasteiger partial charge in [-0.25, -0.2) is 9.18 Å². The van der Waals surface area contributed by atoms with Crippen molar-refractivity contribution in [1.29, 1.82) is 0 Å². The Bertz CT molecular complexity index is 1090. The van der Waals surface area contributed by atoms with E-state index < -0.39 is 29.4 Å². The fraction of sp³-hybridized carbons (Fsp3) is 0.143. The quantitative estimate of drug-likeness (QED) is 0.598. The number of aryl methyl sites for hydroxylation is 1. The zero-order valence-corrected chi connectivity index (χ0v) is 16.0. The summed E-state index contributed by atoms with van der Waals surface area (Å²) in [6.45, 7) is 3.07. The summed E-state index contributed by atoms with van der Waals surface area (Å²) in [6.07, 6.45) is -4.50. The van der Waals surface area contributed by atoms with Gasteiger partial charge in [0.2, 0.25) is 0 Å². The van der Waals surface area contributed by atoms with E-state index in [2.05, 4.69) is 0 Å². The van der Waals surface area contributed by atoms with E-state index in [0.29, 0.717) is 5.69 Å². The van der Waals surface area contributed by atoms with Gasteiger partial charge in [-0.1, -0.05) is 24.3 Å². The largest absolute Gasteiger partial charge is 0.478 e. The molecule has 1 amide bonds. The van der Waals surface area contributed by atoms with Gasteiger partial charge in [0.25, 0.3) is 5.91 Å². The molecule has 0 spiro atoms. The van der Waals surface area contributed by atoms with Crippen molar-refractivity contribution in [3.05, 3.63) is 88.5 Å². The molecule has 0 fully saturated rings. The molecule has 0 saturated carbocycles. The maximum atomic E-state index is 13.0. The smallest absolute Gasteiger partial charge is 0.418 e. The van der Waals surface area contributed by atoms with E-state index in [1.165, 1.54) is 54.0 Å². The second-order valence-electron chi connectivity index (χ2n) is 6.28. The van der Waals surface area contributed by atoms with Crippen LogP contribution in [0.15, 0.2) is 54.6 Å². The Morgan fingerprint density at radius 2 is 1.53 bits per heavy atom. The van der Waals surface area contributed by atoms with Crippen molar-refractivity contribution < 1.29 is 32.3 Å². The number of aromatic carboxylic acids is 1. The fourth-order valence-electron chi connectivity index (χ4n) is 2.92. The molecule has 3 aromatic rings. The first-order valence-electron chi connectivity index (χ1n) is 8.58. The van der Waals surface area contributed by atoms with Gasteiger partial charge in [-0.3, -0.25) is 4.79 Å². The van der Waals surface area contributed by atoms with Crippen LogP contribution in [0.25, 0.3) is 5.69 Å². The van der Waals surface area contributed by atoms with Crippen LogP contribution >= 0.6 is 0 Å². The molecule has 0 unspecified atom stereocenters. The molecule has 0 aliphatic carbocycles. The van der Waals surface area contributed by atoms with E-state index in [1.54, 1.807) is 13.0 Å². The fourth-order valence-corrected chi connectivity index (χ4v) is 2.92. The Labute approximate surface area is 169 Å². The van der Waals surface area contributed by atoms with Gasteiger partial charge in [0.05, 0.1) is 22.4 Å². The van der Waals surface area contributed by atoms with E-state index in [9.17, 15) is 27.2 Å². The zero-order valence-electron chi connectivity index (χ0n) is 16.0. The first kappa shape index (κ1) is 22.7. The second kappa shape index (κ2) is 8.81. The first-order chi connectivity index (χ1) is 13.9. The number of primary amides is 1. The summed E-state index contributed by atoms with van der Waals surface area (Å²) < 4.78 is 53.0. The van der Waals surface area contributed by atoms with Crippen LogP contribution in [0.2, 0.25) is 0 Å². The summed E-state index contributed by atoms with van der Waals surface area (Å²) in [5.74, 6) is -2.47. The number of hydrogen-bond donors (Lipinski definition) is 2. The summed E-state index contributed by atoms with van der Waals surface area (Å²) in [5, 5.41) is 9.04. The molecule has 1 heterocycles. The van der Waals surface area contributed by atoms with E-state index in [0.717, 1.165) is 6.07 Å². The third-order valence-corrected chi connectivity index (χ3v) is 4.25. The molecule has 0 bridgehead atoms. The number of nitrogens with two attached hydrogens (primary N) is 1. The zero-order chi connectivity index (χ0) is 22.6. The van der Waals surface area contributed by atoms with Crippen LogP contribution in [0, 0.1) is 19.7 Å². The Hall–Kier alpha value is -3.62. The van der Waals surface area contributed by atoms with Gasteiger partial charge in [0.15, 0.2) is 0 Å². The highest BCUT2D eigenvalue weighted by Gasteiger charge is 2.34. The predicted octanol–water partition coefficient (Wildman–Crippen LogP) is 4.74. The summed E-state index contributed by atoms with van der Waals surface area (Å²) in [6, 6.07) is 12.1. The molecule has 2 aromatic carbocycles. The van der Waals surface area contributed by atoms with Crippen molar-refractivity contribution in [1.82, 2.24) is 4.57 Å². The molecular formula is C21H18F4N2O3. The van der Waals surface area contributed by atoms with Crippen LogP contribution in [0.1, 0.15) is 37.7 Å². The highest BCUT2D eigenvalue weighted by atomic mass is 19.4. The summed E-state index contributed by atoms with van der Waals surface area (Å²) in [5.41, 5.74) is 4.62. The number of alkyl halides is 3. The van der Waals surface area contributed by atoms with Crippen LogP contribution in [0.3, 0.4) is 0 Å². The maximum absolute atomic E-state index is 13.0. The number of hydrogen-bond acceptors (Lipinski definition) is 2. The topological polar surface area (TPSA) is 85.3 Å². The molecule has 0 radical (unpaired) electrons. The molecule has 0 atom stereocenters. The van der Waals surface area contributed by atoms with Gasteiger partial charge in [0.1, 0.15) is 5.82 Å². The van der Waals surface area contributed by atoms with Crippen LogP contribution in [-0.2, 0) is 6.18 Å². The molecule has 3 rings (SSSR count). The standard InChI is InChI=1S/C14H12F3NO2.C7H6FNO/c1-8-7-10(13(19)20)9(2)18(8)12-6-4-3-5-11(12)14(15,16)17;8-6-4-2-1-3-5(6)7(9)10/h3-7H,1-2H3,(H,19,20);1-4H,(H2,9,10). The normalized spacial score (nSPS) is 10.9. The molecule has 0 aliphatic heterocycles. The van der Waals surface area contributed by atoms with Gasteiger partial charge < -0.3 is 15.4 Å². The van der Waals surface area contributed by atoms with Gasteiger partial charge >= 0.3 is 12.1 Å². The van der Waals surface area contributed by atoms with Crippen LogP contribution in [0.4, 0.5) is 17.6 Å². The third kappa shape index (κ3) is 4.86. The van der Waals surface area contributed by atoms with Crippen LogP contribution in [0.5, 0.6) is 0 Å². The molecule has 0 aliphatic rings. The molecule has 158 valence electrons. The van der Waals surface area contributed by atoms with Crippen molar-refractivity contribution in [2.45, 2.75) is 20.0 Å². The molecule has 30 heavy (non-hydrogen) atoms. The number of rotatable bonds is 3. The van der Waals surface area contributed by atoms with E-state index >= 15 is 0 Å². The molecule has 9 heteroatoms. The minimum atomic E-state index is -4.50. The lowest BCUT2D eigenvalue weighted by molar-refractivity contribution is -0.137. The molecule has 1 aromatic heterocycles. The van der Waals surface area contributed by atoms with Gasteiger partial charge in [-0.15, -0.1) is 0 Å². The number of nitrogens with zero attached hydrogens (tertiary/aromatic N) is 1. The van der Waals surface area contributed by atoms with Crippen molar-refractivity contribution in [3.8, 4) is 5.69 Å².